The minimum atomic E-state index is 0.994. The largest absolute Gasteiger partial charge is 0.344 e. The maximum atomic E-state index is 4.38. The van der Waals surface area contributed by atoms with E-state index in [1.54, 1.807) is 6.33 Å². The van der Waals surface area contributed by atoms with E-state index in [0.717, 1.165) is 11.0 Å². The van der Waals surface area contributed by atoms with Crippen LogP contribution in [0.1, 0.15) is 0 Å². The molecule has 0 fully saturated rings. The summed E-state index contributed by atoms with van der Waals surface area (Å²) < 4.78 is 0. The Kier molecular flexibility index (Phi) is 2.79. The number of aromatic nitrogens is 2. The number of hydrogen-bond acceptors (Lipinski definition) is 1. The van der Waals surface area contributed by atoms with E-state index < -0.39 is 0 Å². The van der Waals surface area contributed by atoms with E-state index in [1.807, 2.05) is 12.1 Å². The molecule has 100 valence electrons. The fourth-order valence-electron chi connectivity index (χ4n) is 2.77. The number of nitrogens with one attached hydrogen (secondary N) is 1. The lowest BCUT2D eigenvalue weighted by molar-refractivity contribution is 1.34. The van der Waals surface area contributed by atoms with Gasteiger partial charge in [-0.2, -0.15) is 0 Å². The zero-order chi connectivity index (χ0) is 14.1. The maximum absolute atomic E-state index is 4.38. The van der Waals surface area contributed by atoms with Crippen LogP contribution in [0.25, 0.3) is 33.3 Å². The summed E-state index contributed by atoms with van der Waals surface area (Å²) in [7, 11) is 0. The summed E-state index contributed by atoms with van der Waals surface area (Å²) in [5.74, 6) is 0. The molecule has 0 amide bonds. The Morgan fingerprint density at radius 2 is 1.33 bits per heavy atom. The molecule has 4 rings (SSSR count). The van der Waals surface area contributed by atoms with E-state index in [9.17, 15) is 0 Å². The number of rotatable bonds is 2. The lowest BCUT2D eigenvalue weighted by Gasteiger charge is -2.11. The van der Waals surface area contributed by atoms with Crippen molar-refractivity contribution in [1.82, 2.24) is 9.97 Å². The van der Waals surface area contributed by atoms with E-state index in [0.29, 0.717) is 0 Å². The number of fused-ring (bicyclic) bond motifs is 1. The van der Waals surface area contributed by atoms with Gasteiger partial charge in [0, 0.05) is 5.56 Å². The predicted molar refractivity (Wildman–Crippen MR) is 87.0 cm³/mol. The summed E-state index contributed by atoms with van der Waals surface area (Å²) >= 11 is 0. The number of aromatic amines is 1. The van der Waals surface area contributed by atoms with Gasteiger partial charge < -0.3 is 4.98 Å². The van der Waals surface area contributed by atoms with E-state index in [1.165, 1.54) is 22.3 Å². The number of nitrogens with zero attached hydrogens (tertiary/aromatic N) is 1. The maximum Gasteiger partial charge on any atom is 0.0932 e. The average Bonchev–Trinajstić information content (AvgIpc) is 3.04. The number of imidazole rings is 1. The van der Waals surface area contributed by atoms with Crippen LogP contribution in [0.5, 0.6) is 0 Å². The van der Waals surface area contributed by atoms with Crippen LogP contribution in [0.3, 0.4) is 0 Å². The molecule has 0 unspecified atom stereocenters. The summed E-state index contributed by atoms with van der Waals surface area (Å²) in [4.78, 5) is 7.67. The van der Waals surface area contributed by atoms with Gasteiger partial charge in [-0.15, -0.1) is 0 Å². The molecule has 0 radical (unpaired) electrons. The van der Waals surface area contributed by atoms with Crippen molar-refractivity contribution in [3.63, 3.8) is 0 Å². The van der Waals surface area contributed by atoms with Crippen molar-refractivity contribution in [2.45, 2.75) is 0 Å². The molecule has 21 heavy (non-hydrogen) atoms. The first-order valence-corrected chi connectivity index (χ1v) is 7.00. The first-order valence-electron chi connectivity index (χ1n) is 7.00. The van der Waals surface area contributed by atoms with Crippen molar-refractivity contribution in [2.24, 2.45) is 0 Å². The minimum Gasteiger partial charge on any atom is -0.344 e. The Bertz CT molecular complexity index is 877. The van der Waals surface area contributed by atoms with Crippen LogP contribution in [0.15, 0.2) is 79.1 Å². The van der Waals surface area contributed by atoms with Crippen LogP contribution < -0.4 is 0 Å². The second kappa shape index (κ2) is 4.91. The molecular weight excluding hydrogens is 256 g/mol. The molecule has 1 N–H and O–H groups in total. The molecule has 0 aliphatic rings. The molecule has 2 nitrogen and oxygen atoms in total. The van der Waals surface area contributed by atoms with E-state index in [4.69, 9.17) is 0 Å². The van der Waals surface area contributed by atoms with Crippen molar-refractivity contribution < 1.29 is 0 Å². The summed E-state index contributed by atoms with van der Waals surface area (Å²) in [5.41, 5.74) is 6.92. The van der Waals surface area contributed by atoms with Gasteiger partial charge in [0.05, 0.1) is 17.4 Å². The van der Waals surface area contributed by atoms with Gasteiger partial charge in [-0.1, -0.05) is 66.7 Å². The normalized spacial score (nSPS) is 10.9. The monoisotopic (exact) mass is 270 g/mol. The molecule has 0 spiro atoms. The Hall–Kier alpha value is -2.87. The highest BCUT2D eigenvalue weighted by Crippen LogP contribution is 2.36. The Morgan fingerprint density at radius 1 is 0.667 bits per heavy atom. The van der Waals surface area contributed by atoms with E-state index >= 15 is 0 Å². The minimum absolute atomic E-state index is 0.994. The molecule has 0 aliphatic heterocycles. The fourth-order valence-corrected chi connectivity index (χ4v) is 2.77. The SMILES string of the molecule is c1ccc(-c2ccc3nc[nH]c3c2-c2ccccc2)cc1. The van der Waals surface area contributed by atoms with Crippen LogP contribution in [-0.4, -0.2) is 9.97 Å². The second-order valence-electron chi connectivity index (χ2n) is 5.02. The van der Waals surface area contributed by atoms with Crippen molar-refractivity contribution in [1.29, 1.82) is 0 Å². The van der Waals surface area contributed by atoms with Gasteiger partial charge in [-0.3, -0.25) is 0 Å². The lowest BCUT2D eigenvalue weighted by Crippen LogP contribution is -1.87. The number of hydrogen-bond donors (Lipinski definition) is 1. The Morgan fingerprint density at radius 3 is 2.05 bits per heavy atom. The first-order chi connectivity index (χ1) is 10.4. The summed E-state index contributed by atoms with van der Waals surface area (Å²) in [5, 5.41) is 0. The number of H-pyrrole nitrogens is 1. The molecule has 0 atom stereocenters. The average molecular weight is 270 g/mol. The van der Waals surface area contributed by atoms with E-state index in [2.05, 4.69) is 70.6 Å². The van der Waals surface area contributed by atoms with Crippen molar-refractivity contribution in [3.8, 4) is 22.3 Å². The molecule has 3 aromatic carbocycles. The predicted octanol–water partition coefficient (Wildman–Crippen LogP) is 4.90. The molecule has 4 aromatic rings. The van der Waals surface area contributed by atoms with Crippen molar-refractivity contribution >= 4 is 11.0 Å². The highest BCUT2D eigenvalue weighted by molar-refractivity contribution is 6.00. The van der Waals surface area contributed by atoms with Crippen LogP contribution in [0.2, 0.25) is 0 Å². The van der Waals surface area contributed by atoms with Gasteiger partial charge in [0.1, 0.15) is 0 Å². The summed E-state index contributed by atoms with van der Waals surface area (Å²) in [6, 6.07) is 25.2. The molecular formula is C19H14N2. The molecule has 0 bridgehead atoms. The molecule has 0 saturated heterocycles. The zero-order valence-corrected chi connectivity index (χ0v) is 11.5. The van der Waals surface area contributed by atoms with Gasteiger partial charge in [-0.25, -0.2) is 4.98 Å². The lowest BCUT2D eigenvalue weighted by atomic mass is 9.93. The summed E-state index contributed by atoms with van der Waals surface area (Å²) in [6.45, 7) is 0. The summed E-state index contributed by atoms with van der Waals surface area (Å²) in [6.07, 6.45) is 1.76. The topological polar surface area (TPSA) is 28.7 Å². The van der Waals surface area contributed by atoms with Crippen molar-refractivity contribution in [2.75, 3.05) is 0 Å². The quantitative estimate of drug-likeness (QED) is 0.551. The second-order valence-corrected chi connectivity index (χ2v) is 5.02. The number of benzene rings is 3. The third-order valence-corrected chi connectivity index (χ3v) is 3.74. The Labute approximate surface area is 123 Å². The third kappa shape index (κ3) is 2.01. The third-order valence-electron chi connectivity index (χ3n) is 3.74. The zero-order valence-electron chi connectivity index (χ0n) is 11.5. The van der Waals surface area contributed by atoms with Crippen molar-refractivity contribution in [3.05, 3.63) is 79.1 Å². The standard InChI is InChI=1S/C19H14N2/c1-3-7-14(8-4-1)16-11-12-17-19(21-13-20-17)18(16)15-9-5-2-6-10-15/h1-13H,(H,20,21). The smallest absolute Gasteiger partial charge is 0.0932 e. The highest BCUT2D eigenvalue weighted by atomic mass is 14.9. The molecule has 0 saturated carbocycles. The first kappa shape index (κ1) is 11.9. The van der Waals surface area contributed by atoms with Crippen LogP contribution in [-0.2, 0) is 0 Å². The Balaban J connectivity index is 2.08. The fraction of sp³-hybridized carbons (Fsp3) is 0. The molecule has 1 heterocycles. The van der Waals surface area contributed by atoms with Gasteiger partial charge >= 0.3 is 0 Å². The van der Waals surface area contributed by atoms with E-state index in [-0.39, 0.29) is 0 Å². The van der Waals surface area contributed by atoms with Gasteiger partial charge in [-0.05, 0) is 22.8 Å². The molecule has 0 aliphatic carbocycles. The van der Waals surface area contributed by atoms with Crippen LogP contribution >= 0.6 is 0 Å². The molecule has 2 heteroatoms. The molecule has 1 aromatic heterocycles. The van der Waals surface area contributed by atoms with Gasteiger partial charge in [0.2, 0.25) is 0 Å². The highest BCUT2D eigenvalue weighted by Gasteiger charge is 2.12. The van der Waals surface area contributed by atoms with Gasteiger partial charge in [0.25, 0.3) is 0 Å². The van der Waals surface area contributed by atoms with Crippen LogP contribution in [0, 0.1) is 0 Å². The van der Waals surface area contributed by atoms with Crippen LogP contribution in [0.4, 0.5) is 0 Å². The van der Waals surface area contributed by atoms with Gasteiger partial charge in [0.15, 0.2) is 0 Å².